The van der Waals surface area contributed by atoms with Crippen LogP contribution in [0.4, 0.5) is 11.7 Å². The molecule has 0 aliphatic rings. The van der Waals surface area contributed by atoms with Gasteiger partial charge in [-0.05, 0) is 30.5 Å². The molecule has 1 aromatic heterocycles. The average molecular weight is 246 g/mol. The van der Waals surface area contributed by atoms with Gasteiger partial charge in [-0.3, -0.25) is 0 Å². The summed E-state index contributed by atoms with van der Waals surface area (Å²) < 4.78 is 5.39. The summed E-state index contributed by atoms with van der Waals surface area (Å²) in [6.45, 7) is 6.11. The van der Waals surface area contributed by atoms with Gasteiger partial charge in [-0.25, -0.2) is 0 Å². The molecule has 0 saturated heterocycles. The molecule has 5 heteroatoms. The van der Waals surface area contributed by atoms with E-state index in [2.05, 4.69) is 41.5 Å². The molecular formula is C13H18N4O. The highest BCUT2D eigenvalue weighted by Crippen LogP contribution is 2.21. The lowest BCUT2D eigenvalue weighted by molar-refractivity contribution is 0.475. The third-order valence-corrected chi connectivity index (χ3v) is 2.63. The van der Waals surface area contributed by atoms with Crippen molar-refractivity contribution >= 4 is 11.7 Å². The van der Waals surface area contributed by atoms with E-state index in [1.165, 1.54) is 5.56 Å². The molecule has 0 aliphatic heterocycles. The van der Waals surface area contributed by atoms with Crippen molar-refractivity contribution in [2.24, 2.45) is 5.73 Å². The van der Waals surface area contributed by atoms with Gasteiger partial charge < -0.3 is 15.5 Å². The van der Waals surface area contributed by atoms with E-state index in [4.69, 9.17) is 10.2 Å². The zero-order chi connectivity index (χ0) is 13.1. The molecular weight excluding hydrogens is 228 g/mol. The summed E-state index contributed by atoms with van der Waals surface area (Å²) in [6, 6.07) is 8.23. The van der Waals surface area contributed by atoms with Crippen molar-refractivity contribution in [1.82, 2.24) is 10.2 Å². The zero-order valence-electron chi connectivity index (χ0n) is 10.8. The Morgan fingerprint density at radius 2 is 2.00 bits per heavy atom. The van der Waals surface area contributed by atoms with Gasteiger partial charge in [0.1, 0.15) is 0 Å². The predicted octanol–water partition coefficient (Wildman–Crippen LogP) is 2.96. The number of anilines is 2. The molecule has 0 bridgehead atoms. The van der Waals surface area contributed by atoms with Gasteiger partial charge in [-0.15, -0.1) is 5.10 Å². The molecule has 2 rings (SSSR count). The number of hydrogen-bond donors (Lipinski definition) is 2. The number of rotatable bonds is 4. The van der Waals surface area contributed by atoms with E-state index in [1.54, 1.807) is 6.92 Å². The topological polar surface area (TPSA) is 77.0 Å². The average Bonchev–Trinajstić information content (AvgIpc) is 2.78. The van der Waals surface area contributed by atoms with Crippen molar-refractivity contribution in [2.45, 2.75) is 32.7 Å². The lowest BCUT2D eigenvalue weighted by atomic mass is 10.0. The molecule has 2 aromatic rings. The maximum Gasteiger partial charge on any atom is 0.320 e. The van der Waals surface area contributed by atoms with E-state index in [0.717, 1.165) is 5.69 Å². The molecule has 0 amide bonds. The minimum atomic E-state index is -0.255. The zero-order valence-corrected chi connectivity index (χ0v) is 10.8. The Balaban J connectivity index is 2.15. The first-order valence-electron chi connectivity index (χ1n) is 6.02. The molecule has 0 radical (unpaired) electrons. The van der Waals surface area contributed by atoms with Crippen LogP contribution in [0.3, 0.4) is 0 Å². The van der Waals surface area contributed by atoms with Crippen LogP contribution in [0.1, 0.15) is 44.2 Å². The van der Waals surface area contributed by atoms with Crippen LogP contribution in [-0.4, -0.2) is 10.2 Å². The van der Waals surface area contributed by atoms with Gasteiger partial charge in [0, 0.05) is 5.69 Å². The Hall–Kier alpha value is -1.88. The van der Waals surface area contributed by atoms with Crippen LogP contribution < -0.4 is 11.1 Å². The van der Waals surface area contributed by atoms with Gasteiger partial charge >= 0.3 is 6.01 Å². The van der Waals surface area contributed by atoms with E-state index in [0.29, 0.717) is 17.8 Å². The molecule has 0 fully saturated rings. The molecule has 1 unspecified atom stereocenters. The largest absolute Gasteiger partial charge is 0.406 e. The Morgan fingerprint density at radius 1 is 1.22 bits per heavy atom. The summed E-state index contributed by atoms with van der Waals surface area (Å²) in [4.78, 5) is 0. The van der Waals surface area contributed by atoms with E-state index < -0.39 is 0 Å². The third-order valence-electron chi connectivity index (χ3n) is 2.63. The van der Waals surface area contributed by atoms with E-state index in [-0.39, 0.29) is 6.04 Å². The summed E-state index contributed by atoms with van der Waals surface area (Å²) >= 11 is 0. The summed E-state index contributed by atoms with van der Waals surface area (Å²) in [5, 5.41) is 10.8. The summed E-state index contributed by atoms with van der Waals surface area (Å²) in [5.41, 5.74) is 7.85. The van der Waals surface area contributed by atoms with Crippen LogP contribution in [0, 0.1) is 0 Å². The van der Waals surface area contributed by atoms with Gasteiger partial charge in [0.2, 0.25) is 5.89 Å². The molecule has 1 atom stereocenters. The predicted molar refractivity (Wildman–Crippen MR) is 70.7 cm³/mol. The Morgan fingerprint density at radius 3 is 2.61 bits per heavy atom. The van der Waals surface area contributed by atoms with Gasteiger partial charge in [0.05, 0.1) is 6.04 Å². The van der Waals surface area contributed by atoms with Crippen LogP contribution >= 0.6 is 0 Å². The van der Waals surface area contributed by atoms with Crippen LogP contribution in [0.15, 0.2) is 28.7 Å². The van der Waals surface area contributed by atoms with E-state index in [1.807, 2.05) is 12.1 Å². The lowest BCUT2D eigenvalue weighted by Crippen LogP contribution is -2.04. The molecule has 0 aliphatic carbocycles. The van der Waals surface area contributed by atoms with Crippen molar-refractivity contribution in [3.05, 3.63) is 35.7 Å². The number of nitrogens with two attached hydrogens (primary N) is 1. The SMILES string of the molecule is CC(C)c1cccc(Nc2nnc(C(C)N)o2)c1. The highest BCUT2D eigenvalue weighted by atomic mass is 16.4. The molecule has 0 spiro atoms. The summed E-state index contributed by atoms with van der Waals surface area (Å²) in [6.07, 6.45) is 0. The van der Waals surface area contributed by atoms with Crippen LogP contribution in [0.25, 0.3) is 0 Å². The first-order valence-corrected chi connectivity index (χ1v) is 6.02. The first-order chi connectivity index (χ1) is 8.56. The first kappa shape index (κ1) is 12.6. The lowest BCUT2D eigenvalue weighted by Gasteiger charge is -2.07. The fourth-order valence-electron chi connectivity index (χ4n) is 1.57. The highest BCUT2D eigenvalue weighted by Gasteiger charge is 2.10. The Bertz CT molecular complexity index is 519. The van der Waals surface area contributed by atoms with Crippen LogP contribution in [0.2, 0.25) is 0 Å². The molecule has 3 N–H and O–H groups in total. The summed E-state index contributed by atoms with van der Waals surface area (Å²) in [5.74, 6) is 0.909. The van der Waals surface area contributed by atoms with E-state index >= 15 is 0 Å². The number of nitrogens with one attached hydrogen (secondary N) is 1. The van der Waals surface area contributed by atoms with Crippen molar-refractivity contribution in [3.8, 4) is 0 Å². The Kier molecular flexibility index (Phi) is 3.62. The molecule has 96 valence electrons. The molecule has 0 saturated carbocycles. The fourth-order valence-corrected chi connectivity index (χ4v) is 1.57. The third kappa shape index (κ3) is 2.87. The quantitative estimate of drug-likeness (QED) is 0.867. The number of hydrogen-bond acceptors (Lipinski definition) is 5. The maximum absolute atomic E-state index is 5.66. The summed E-state index contributed by atoms with van der Waals surface area (Å²) in [7, 11) is 0. The van der Waals surface area contributed by atoms with Crippen molar-refractivity contribution < 1.29 is 4.42 Å². The van der Waals surface area contributed by atoms with Crippen molar-refractivity contribution in [2.75, 3.05) is 5.32 Å². The van der Waals surface area contributed by atoms with Crippen molar-refractivity contribution in [3.63, 3.8) is 0 Å². The number of nitrogens with zero attached hydrogens (tertiary/aromatic N) is 2. The second kappa shape index (κ2) is 5.18. The Labute approximate surface area is 106 Å². The normalized spacial score (nSPS) is 12.7. The molecule has 5 nitrogen and oxygen atoms in total. The number of aromatic nitrogens is 2. The van der Waals surface area contributed by atoms with Gasteiger partial charge in [0.25, 0.3) is 0 Å². The highest BCUT2D eigenvalue weighted by molar-refractivity contribution is 5.53. The minimum absolute atomic E-state index is 0.255. The van der Waals surface area contributed by atoms with Crippen molar-refractivity contribution in [1.29, 1.82) is 0 Å². The number of benzene rings is 1. The van der Waals surface area contributed by atoms with Gasteiger partial charge in [-0.1, -0.05) is 31.1 Å². The minimum Gasteiger partial charge on any atom is -0.406 e. The molecule has 1 aromatic carbocycles. The standard InChI is InChI=1S/C13H18N4O/c1-8(2)10-5-4-6-11(7-10)15-13-17-16-12(18-13)9(3)14/h4-9H,14H2,1-3H3,(H,15,17). The second-order valence-corrected chi connectivity index (χ2v) is 4.64. The van der Waals surface area contributed by atoms with Crippen LogP contribution in [-0.2, 0) is 0 Å². The molecule has 18 heavy (non-hydrogen) atoms. The van der Waals surface area contributed by atoms with Gasteiger partial charge in [-0.2, -0.15) is 0 Å². The maximum atomic E-state index is 5.66. The van der Waals surface area contributed by atoms with Crippen LogP contribution in [0.5, 0.6) is 0 Å². The fraction of sp³-hybridized carbons (Fsp3) is 0.385. The monoisotopic (exact) mass is 246 g/mol. The van der Waals surface area contributed by atoms with Gasteiger partial charge in [0.15, 0.2) is 0 Å². The van der Waals surface area contributed by atoms with E-state index in [9.17, 15) is 0 Å². The second-order valence-electron chi connectivity index (χ2n) is 4.64. The smallest absolute Gasteiger partial charge is 0.320 e. The molecule has 1 heterocycles.